The maximum absolute atomic E-state index is 11.8. The lowest BCUT2D eigenvalue weighted by molar-refractivity contribution is -0.140. The van der Waals surface area contributed by atoms with Crippen molar-refractivity contribution in [2.75, 3.05) is 0 Å². The molecule has 1 saturated carbocycles. The van der Waals surface area contributed by atoms with Crippen LogP contribution in [0.1, 0.15) is 33.1 Å². The molecule has 0 aromatic carbocycles. The second-order valence-corrected chi connectivity index (χ2v) is 6.93. The summed E-state index contributed by atoms with van der Waals surface area (Å²) in [6.45, 7) is 7.83. The molecule has 0 unspecified atom stereocenters. The van der Waals surface area contributed by atoms with Crippen molar-refractivity contribution in [2.45, 2.75) is 68.7 Å². The van der Waals surface area contributed by atoms with Gasteiger partial charge >= 0.3 is 5.97 Å². The summed E-state index contributed by atoms with van der Waals surface area (Å²) in [7, 11) is 0. The van der Waals surface area contributed by atoms with Gasteiger partial charge in [-0.2, -0.15) is 0 Å². The first kappa shape index (κ1) is 12.8. The molecule has 0 radical (unpaired) electrons. The molecule has 5 nitrogen and oxygen atoms in total. The van der Waals surface area contributed by atoms with E-state index in [2.05, 4.69) is 13.5 Å². The van der Waals surface area contributed by atoms with E-state index in [-0.39, 0.29) is 35.8 Å². The predicted molar refractivity (Wildman–Crippen MR) is 68.9 cm³/mol. The molecule has 0 aromatic heterocycles. The van der Waals surface area contributed by atoms with Gasteiger partial charge in [0.15, 0.2) is 0 Å². The predicted octanol–water partition coefficient (Wildman–Crippen LogP) is 0.944. The quantitative estimate of drug-likeness (QED) is 0.406. The highest BCUT2D eigenvalue weighted by molar-refractivity contribution is 5.91. The number of hydrogen-bond donors (Lipinski definition) is 1. The summed E-state index contributed by atoms with van der Waals surface area (Å²) in [6, 6.07) is 0. The number of hydrogen-bond acceptors (Lipinski definition) is 5. The van der Waals surface area contributed by atoms with Crippen molar-refractivity contribution in [3.63, 3.8) is 0 Å². The number of carbonyl (C=O) groups excluding carboxylic acids is 1. The minimum atomic E-state index is -0.602. The minimum absolute atomic E-state index is 0.0778. The number of epoxide rings is 2. The molecule has 110 valence electrons. The number of fused-ring (bicyclic) bond motifs is 4. The number of aliphatic hydroxyl groups excluding tert-OH is 1. The number of rotatable bonds is 0. The average Bonchev–Trinajstić information content (AvgIpc) is 3.23. The fraction of sp³-hybridized carbons (Fsp3) is 0.800. The molecule has 0 bridgehead atoms. The highest BCUT2D eigenvalue weighted by Gasteiger charge is 2.66. The van der Waals surface area contributed by atoms with E-state index in [1.54, 1.807) is 0 Å². The summed E-state index contributed by atoms with van der Waals surface area (Å²) < 4.78 is 17.0. The second kappa shape index (κ2) is 3.64. The largest absolute Gasteiger partial charge is 0.455 e. The molecule has 5 heteroatoms. The zero-order valence-electron chi connectivity index (χ0n) is 11.8. The summed E-state index contributed by atoms with van der Waals surface area (Å²) in [5.41, 5.74) is -0.273. The Balaban J connectivity index is 1.66. The summed E-state index contributed by atoms with van der Waals surface area (Å²) in [5, 5.41) is 10.4. The van der Waals surface area contributed by atoms with Gasteiger partial charge in [-0.25, -0.2) is 4.79 Å². The zero-order valence-corrected chi connectivity index (χ0v) is 11.8. The van der Waals surface area contributed by atoms with E-state index in [1.165, 1.54) is 0 Å². The van der Waals surface area contributed by atoms with Crippen molar-refractivity contribution in [3.05, 3.63) is 12.2 Å². The van der Waals surface area contributed by atoms with Crippen LogP contribution in [-0.4, -0.2) is 46.7 Å². The molecule has 20 heavy (non-hydrogen) atoms. The molecule has 0 amide bonds. The van der Waals surface area contributed by atoms with Crippen molar-refractivity contribution >= 4 is 5.97 Å². The maximum Gasteiger partial charge on any atom is 0.334 e. The van der Waals surface area contributed by atoms with Crippen LogP contribution >= 0.6 is 0 Å². The standard InChI is InChI=1S/C15H20O5/c1-7-8-6-9(16)15(3)10(19-15)4-5-14(2)12(20-14)11(8)18-13(7)17/h8-12,16H,1,4-6H2,2-3H3/t8-,9-,10+,11-,12+,14+,15+/m1/s1. The molecule has 0 aromatic rings. The van der Waals surface area contributed by atoms with E-state index in [4.69, 9.17) is 14.2 Å². The van der Waals surface area contributed by atoms with Crippen LogP contribution in [0.25, 0.3) is 0 Å². The highest BCUT2D eigenvalue weighted by atomic mass is 16.7. The van der Waals surface area contributed by atoms with Crippen LogP contribution in [0, 0.1) is 5.92 Å². The van der Waals surface area contributed by atoms with Gasteiger partial charge in [0.2, 0.25) is 0 Å². The number of esters is 1. The lowest BCUT2D eigenvalue weighted by Gasteiger charge is -2.24. The monoisotopic (exact) mass is 280 g/mol. The summed E-state index contributed by atoms with van der Waals surface area (Å²) in [5.74, 6) is -0.535. The van der Waals surface area contributed by atoms with E-state index in [0.717, 1.165) is 12.8 Å². The lowest BCUT2D eigenvalue weighted by atomic mass is 9.80. The van der Waals surface area contributed by atoms with Crippen LogP contribution in [0.3, 0.4) is 0 Å². The highest BCUT2D eigenvalue weighted by Crippen LogP contribution is 2.54. The Morgan fingerprint density at radius 3 is 2.85 bits per heavy atom. The molecule has 4 rings (SSSR count). The Kier molecular flexibility index (Phi) is 2.33. The van der Waals surface area contributed by atoms with Crippen LogP contribution in [0.15, 0.2) is 12.2 Å². The molecule has 3 saturated heterocycles. The zero-order chi connectivity index (χ0) is 14.3. The van der Waals surface area contributed by atoms with E-state index in [0.29, 0.717) is 12.0 Å². The fourth-order valence-corrected chi connectivity index (χ4v) is 3.86. The summed E-state index contributed by atoms with van der Waals surface area (Å²) >= 11 is 0. The van der Waals surface area contributed by atoms with Crippen LogP contribution in [0.4, 0.5) is 0 Å². The van der Waals surface area contributed by atoms with Crippen LogP contribution < -0.4 is 0 Å². The van der Waals surface area contributed by atoms with Gasteiger partial charge in [0.25, 0.3) is 0 Å². The fourth-order valence-electron chi connectivity index (χ4n) is 3.86. The maximum atomic E-state index is 11.8. The third-order valence-electron chi connectivity index (χ3n) is 5.61. The Labute approximate surface area is 117 Å². The van der Waals surface area contributed by atoms with Gasteiger partial charge in [-0.05, 0) is 33.1 Å². The van der Waals surface area contributed by atoms with Crippen LogP contribution in [-0.2, 0) is 19.0 Å². The number of aliphatic hydroxyl groups is 1. The first-order chi connectivity index (χ1) is 9.35. The number of carbonyl (C=O) groups is 1. The first-order valence-electron chi connectivity index (χ1n) is 7.29. The molecule has 4 fully saturated rings. The van der Waals surface area contributed by atoms with Gasteiger partial charge in [0.05, 0.1) is 17.8 Å². The normalized spacial score (nSPS) is 57.2. The van der Waals surface area contributed by atoms with Crippen LogP contribution in [0.5, 0.6) is 0 Å². The Morgan fingerprint density at radius 2 is 2.10 bits per heavy atom. The second-order valence-electron chi connectivity index (χ2n) is 6.93. The number of ether oxygens (including phenoxy) is 3. The van der Waals surface area contributed by atoms with Gasteiger partial charge in [-0.3, -0.25) is 0 Å². The molecule has 3 heterocycles. The molecule has 0 spiro atoms. The average molecular weight is 280 g/mol. The summed E-state index contributed by atoms with van der Waals surface area (Å²) in [4.78, 5) is 11.8. The van der Waals surface area contributed by atoms with Crippen molar-refractivity contribution in [1.82, 2.24) is 0 Å². The Hall–Kier alpha value is -0.910. The molecular weight excluding hydrogens is 260 g/mol. The SMILES string of the molecule is C=C1C(=O)O[C@@H]2[C@@H]1C[C@@H](O)[C@]1(C)O[C@H]1CC[C@]1(C)O[C@@H]21. The summed E-state index contributed by atoms with van der Waals surface area (Å²) in [6.07, 6.45) is 1.26. The minimum Gasteiger partial charge on any atom is -0.455 e. The van der Waals surface area contributed by atoms with Gasteiger partial charge in [-0.1, -0.05) is 6.58 Å². The van der Waals surface area contributed by atoms with Crippen molar-refractivity contribution in [3.8, 4) is 0 Å². The lowest BCUT2D eigenvalue weighted by Crippen LogP contribution is -2.37. The topological polar surface area (TPSA) is 71.6 Å². The Morgan fingerprint density at radius 1 is 1.35 bits per heavy atom. The van der Waals surface area contributed by atoms with Crippen LogP contribution in [0.2, 0.25) is 0 Å². The van der Waals surface area contributed by atoms with E-state index in [9.17, 15) is 9.90 Å². The molecule has 4 aliphatic rings. The first-order valence-corrected chi connectivity index (χ1v) is 7.29. The van der Waals surface area contributed by atoms with Gasteiger partial charge in [0.1, 0.15) is 17.8 Å². The van der Waals surface area contributed by atoms with Gasteiger partial charge < -0.3 is 19.3 Å². The van der Waals surface area contributed by atoms with Crippen molar-refractivity contribution in [1.29, 1.82) is 0 Å². The third kappa shape index (κ3) is 1.57. The van der Waals surface area contributed by atoms with Crippen molar-refractivity contribution in [2.24, 2.45) is 5.92 Å². The molecule has 1 N–H and O–H groups in total. The van der Waals surface area contributed by atoms with E-state index in [1.807, 2.05) is 6.92 Å². The Bertz CT molecular complexity index is 502. The molecule has 1 aliphatic carbocycles. The molecular formula is C15H20O5. The third-order valence-corrected chi connectivity index (χ3v) is 5.61. The molecule has 7 atom stereocenters. The van der Waals surface area contributed by atoms with Gasteiger partial charge in [0, 0.05) is 11.5 Å². The van der Waals surface area contributed by atoms with E-state index >= 15 is 0 Å². The van der Waals surface area contributed by atoms with E-state index < -0.39 is 11.7 Å². The molecule has 3 aliphatic heterocycles. The smallest absolute Gasteiger partial charge is 0.334 e. The van der Waals surface area contributed by atoms with Gasteiger partial charge in [-0.15, -0.1) is 0 Å². The van der Waals surface area contributed by atoms with Crippen molar-refractivity contribution < 1.29 is 24.1 Å².